The Morgan fingerprint density at radius 3 is 2.79 bits per heavy atom. The highest BCUT2D eigenvalue weighted by Gasteiger charge is 2.42. The van der Waals surface area contributed by atoms with Crippen molar-refractivity contribution in [2.75, 3.05) is 19.6 Å². The van der Waals surface area contributed by atoms with Gasteiger partial charge in [0.2, 0.25) is 0 Å². The van der Waals surface area contributed by atoms with Gasteiger partial charge in [0.05, 0.1) is 6.10 Å². The van der Waals surface area contributed by atoms with Crippen LogP contribution in [0, 0.1) is 5.92 Å². The molecule has 0 radical (unpaired) electrons. The third-order valence-corrected chi connectivity index (χ3v) is 6.83. The monoisotopic (exact) mass is 348 g/mol. The van der Waals surface area contributed by atoms with Crippen molar-refractivity contribution in [3.8, 4) is 0 Å². The van der Waals surface area contributed by atoms with E-state index in [9.17, 15) is 4.79 Å². The van der Waals surface area contributed by atoms with E-state index in [1.807, 2.05) is 16.2 Å². The molecule has 132 valence electrons. The second kappa shape index (κ2) is 7.14. The average Bonchev–Trinajstić information content (AvgIpc) is 3.25. The minimum atomic E-state index is -0.193. The van der Waals surface area contributed by atoms with Gasteiger partial charge < -0.3 is 9.64 Å². The molecular weight excluding hydrogens is 320 g/mol. The van der Waals surface area contributed by atoms with Crippen molar-refractivity contribution in [1.29, 1.82) is 0 Å². The summed E-state index contributed by atoms with van der Waals surface area (Å²) in [6.45, 7) is 6.24. The number of piperidine rings is 1. The van der Waals surface area contributed by atoms with Crippen LogP contribution >= 0.6 is 11.3 Å². The van der Waals surface area contributed by atoms with Crippen LogP contribution in [0.3, 0.4) is 0 Å². The third kappa shape index (κ3) is 3.39. The van der Waals surface area contributed by atoms with Crippen LogP contribution in [0.15, 0.2) is 17.5 Å². The normalized spacial score (nSPS) is 32.0. The number of carbonyl (C=O) groups is 1. The SMILES string of the molecule is CC1CCN(C(=O)[C@@H]2CC[C@H]3[C@H](CCN3Cc3cccs3)O2)CC1. The molecule has 3 saturated heterocycles. The van der Waals surface area contributed by atoms with Crippen LogP contribution in [-0.2, 0) is 16.1 Å². The third-order valence-electron chi connectivity index (χ3n) is 5.97. The molecule has 0 N–H and O–H groups in total. The lowest BCUT2D eigenvalue weighted by atomic mass is 9.96. The Balaban J connectivity index is 1.33. The van der Waals surface area contributed by atoms with Crippen molar-refractivity contribution in [1.82, 2.24) is 9.80 Å². The van der Waals surface area contributed by atoms with Gasteiger partial charge in [-0.3, -0.25) is 9.69 Å². The predicted molar refractivity (Wildman–Crippen MR) is 96.0 cm³/mol. The molecule has 0 aromatic carbocycles. The molecule has 0 bridgehead atoms. The van der Waals surface area contributed by atoms with E-state index in [0.717, 1.165) is 64.2 Å². The highest BCUT2D eigenvalue weighted by molar-refractivity contribution is 7.09. The minimum Gasteiger partial charge on any atom is -0.363 e. The first-order valence-corrected chi connectivity index (χ1v) is 10.3. The number of ether oxygens (including phenoxy) is 1. The molecule has 24 heavy (non-hydrogen) atoms. The molecule has 5 heteroatoms. The van der Waals surface area contributed by atoms with E-state index in [1.54, 1.807) is 0 Å². The van der Waals surface area contributed by atoms with Gasteiger partial charge in [0.15, 0.2) is 0 Å². The Kier molecular flexibility index (Phi) is 4.93. The first kappa shape index (κ1) is 16.6. The fourth-order valence-electron chi connectivity index (χ4n) is 4.43. The van der Waals surface area contributed by atoms with Gasteiger partial charge in [-0.25, -0.2) is 0 Å². The van der Waals surface area contributed by atoms with Crippen LogP contribution in [0.4, 0.5) is 0 Å². The highest BCUT2D eigenvalue weighted by Crippen LogP contribution is 2.34. The predicted octanol–water partition coefficient (Wildman–Crippen LogP) is 3.13. The molecule has 4 nitrogen and oxygen atoms in total. The van der Waals surface area contributed by atoms with Crippen molar-refractivity contribution < 1.29 is 9.53 Å². The molecule has 3 fully saturated rings. The molecule has 0 spiro atoms. The van der Waals surface area contributed by atoms with E-state index in [0.29, 0.717) is 6.04 Å². The van der Waals surface area contributed by atoms with E-state index in [2.05, 4.69) is 29.3 Å². The Morgan fingerprint density at radius 2 is 2.04 bits per heavy atom. The van der Waals surface area contributed by atoms with Crippen LogP contribution in [-0.4, -0.2) is 53.6 Å². The molecule has 4 rings (SSSR count). The Hall–Kier alpha value is -0.910. The van der Waals surface area contributed by atoms with Crippen LogP contribution in [0.25, 0.3) is 0 Å². The van der Waals surface area contributed by atoms with Crippen LogP contribution in [0.5, 0.6) is 0 Å². The van der Waals surface area contributed by atoms with Gasteiger partial charge in [0.25, 0.3) is 5.91 Å². The van der Waals surface area contributed by atoms with Gasteiger partial charge in [-0.1, -0.05) is 13.0 Å². The first-order chi connectivity index (χ1) is 11.7. The Labute approximate surface area is 148 Å². The summed E-state index contributed by atoms with van der Waals surface area (Å²) in [7, 11) is 0. The van der Waals surface area contributed by atoms with Crippen molar-refractivity contribution in [2.45, 2.75) is 63.8 Å². The fraction of sp³-hybridized carbons (Fsp3) is 0.737. The molecule has 1 amide bonds. The number of hydrogen-bond acceptors (Lipinski definition) is 4. The average molecular weight is 349 g/mol. The van der Waals surface area contributed by atoms with E-state index < -0.39 is 0 Å². The smallest absolute Gasteiger partial charge is 0.251 e. The summed E-state index contributed by atoms with van der Waals surface area (Å²) in [6, 6.07) is 4.84. The van der Waals surface area contributed by atoms with Crippen LogP contribution in [0.2, 0.25) is 0 Å². The summed E-state index contributed by atoms with van der Waals surface area (Å²) < 4.78 is 6.27. The topological polar surface area (TPSA) is 32.8 Å². The first-order valence-electron chi connectivity index (χ1n) is 9.41. The quantitative estimate of drug-likeness (QED) is 0.841. The van der Waals surface area contributed by atoms with E-state index in [4.69, 9.17) is 4.74 Å². The van der Waals surface area contributed by atoms with Gasteiger partial charge >= 0.3 is 0 Å². The number of fused-ring (bicyclic) bond motifs is 1. The number of carbonyl (C=O) groups excluding carboxylic acids is 1. The summed E-state index contributed by atoms with van der Waals surface area (Å²) >= 11 is 1.83. The standard InChI is InChI=1S/C19H28N2O2S/c1-14-6-9-20(10-7-14)19(22)18-5-4-16-17(23-18)8-11-21(16)13-15-3-2-12-24-15/h2-3,12,14,16-18H,4-11,13H2,1H3/t16-,17-,18-/m0/s1. The minimum absolute atomic E-state index is 0.193. The maximum Gasteiger partial charge on any atom is 0.251 e. The molecule has 1 aromatic heterocycles. The van der Waals surface area contributed by atoms with Crippen molar-refractivity contribution in [3.05, 3.63) is 22.4 Å². The number of likely N-dealkylation sites (tertiary alicyclic amines) is 2. The number of nitrogens with zero attached hydrogens (tertiary/aromatic N) is 2. The fourth-order valence-corrected chi connectivity index (χ4v) is 5.16. The summed E-state index contributed by atoms with van der Waals surface area (Å²) in [4.78, 5) is 18.8. The van der Waals surface area contributed by atoms with Gasteiger partial charge in [0.1, 0.15) is 6.10 Å². The highest BCUT2D eigenvalue weighted by atomic mass is 32.1. The largest absolute Gasteiger partial charge is 0.363 e. The van der Waals surface area contributed by atoms with Crippen LogP contribution in [0.1, 0.15) is 43.9 Å². The molecule has 3 aliphatic rings. The van der Waals surface area contributed by atoms with Crippen molar-refractivity contribution in [2.24, 2.45) is 5.92 Å². The zero-order valence-electron chi connectivity index (χ0n) is 14.5. The molecular formula is C19H28N2O2S. The lowest BCUT2D eigenvalue weighted by molar-refractivity contribution is -0.155. The lowest BCUT2D eigenvalue weighted by Crippen LogP contribution is -2.50. The maximum absolute atomic E-state index is 12.8. The number of thiophene rings is 1. The number of rotatable bonds is 3. The maximum atomic E-state index is 12.8. The van der Waals surface area contributed by atoms with Gasteiger partial charge in [-0.15, -0.1) is 11.3 Å². The second-order valence-electron chi connectivity index (χ2n) is 7.65. The number of amides is 1. The van der Waals surface area contributed by atoms with Crippen LogP contribution < -0.4 is 0 Å². The van der Waals surface area contributed by atoms with Gasteiger partial charge in [-0.2, -0.15) is 0 Å². The molecule has 4 heterocycles. The summed E-state index contributed by atoms with van der Waals surface area (Å²) in [5.41, 5.74) is 0. The van der Waals surface area contributed by atoms with Gasteiger partial charge in [0, 0.05) is 37.1 Å². The van der Waals surface area contributed by atoms with E-state index in [1.165, 1.54) is 4.88 Å². The molecule has 0 unspecified atom stereocenters. The summed E-state index contributed by atoms with van der Waals surface area (Å²) in [5.74, 6) is 1.00. The van der Waals surface area contributed by atoms with Crippen molar-refractivity contribution >= 4 is 17.2 Å². The molecule has 3 aliphatic heterocycles. The number of hydrogen-bond donors (Lipinski definition) is 0. The second-order valence-corrected chi connectivity index (χ2v) is 8.69. The van der Waals surface area contributed by atoms with E-state index >= 15 is 0 Å². The molecule has 1 aromatic rings. The van der Waals surface area contributed by atoms with E-state index in [-0.39, 0.29) is 18.1 Å². The Bertz CT molecular complexity index is 554. The Morgan fingerprint density at radius 1 is 1.21 bits per heavy atom. The summed E-state index contributed by atoms with van der Waals surface area (Å²) in [5, 5.41) is 2.15. The lowest BCUT2D eigenvalue weighted by Gasteiger charge is -2.38. The zero-order valence-corrected chi connectivity index (χ0v) is 15.3. The van der Waals surface area contributed by atoms with Gasteiger partial charge in [-0.05, 0) is 49.5 Å². The molecule has 0 aliphatic carbocycles. The molecule has 0 saturated carbocycles. The summed E-state index contributed by atoms with van der Waals surface area (Å²) in [6.07, 6.45) is 5.37. The van der Waals surface area contributed by atoms with Crippen molar-refractivity contribution in [3.63, 3.8) is 0 Å². The zero-order chi connectivity index (χ0) is 16.5. The molecule has 3 atom stereocenters.